The summed E-state index contributed by atoms with van der Waals surface area (Å²) in [5.74, 6) is 0.593. The molecule has 0 spiro atoms. The van der Waals surface area contributed by atoms with Crippen molar-refractivity contribution in [3.63, 3.8) is 0 Å². The van der Waals surface area contributed by atoms with Crippen LogP contribution < -0.4 is 10.6 Å². The van der Waals surface area contributed by atoms with Crippen LogP contribution in [0.5, 0.6) is 0 Å². The van der Waals surface area contributed by atoms with Crippen LogP contribution in [0.2, 0.25) is 0 Å². The number of urea groups is 1. The molecular weight excluding hydrogens is 264 g/mol. The van der Waals surface area contributed by atoms with E-state index >= 15 is 0 Å². The van der Waals surface area contributed by atoms with E-state index in [1.165, 1.54) is 4.88 Å². The molecule has 2 heterocycles. The first-order chi connectivity index (χ1) is 9.10. The van der Waals surface area contributed by atoms with E-state index in [0.29, 0.717) is 23.7 Å². The van der Waals surface area contributed by atoms with E-state index in [4.69, 9.17) is 4.52 Å². The molecule has 2 N–H and O–H groups in total. The number of nitrogens with zero attached hydrogens (tertiary/aromatic N) is 2. The minimum absolute atomic E-state index is 0.289. The van der Waals surface area contributed by atoms with Crippen molar-refractivity contribution >= 4 is 23.1 Å². The van der Waals surface area contributed by atoms with Gasteiger partial charge in [-0.05, 0) is 20.3 Å². The van der Waals surface area contributed by atoms with E-state index in [1.807, 2.05) is 6.20 Å². The molecule has 0 aromatic carbocycles. The number of hydrogen-bond acceptors (Lipinski definition) is 5. The maximum Gasteiger partial charge on any atom is 0.319 e. The average Bonchev–Trinajstić information content (AvgIpc) is 2.98. The zero-order valence-corrected chi connectivity index (χ0v) is 11.9. The fourth-order valence-corrected chi connectivity index (χ4v) is 2.37. The number of carbonyl (C=O) groups is 1. The van der Waals surface area contributed by atoms with Gasteiger partial charge in [-0.3, -0.25) is 0 Å². The van der Waals surface area contributed by atoms with Crippen molar-refractivity contribution in [2.45, 2.75) is 33.7 Å². The maximum absolute atomic E-state index is 11.7. The predicted molar refractivity (Wildman–Crippen MR) is 73.3 cm³/mol. The third-order valence-electron chi connectivity index (χ3n) is 2.62. The van der Waals surface area contributed by atoms with E-state index in [0.717, 1.165) is 11.4 Å². The number of anilines is 1. The summed E-state index contributed by atoms with van der Waals surface area (Å²) < 4.78 is 4.97. The van der Waals surface area contributed by atoms with Crippen LogP contribution in [-0.4, -0.2) is 16.2 Å². The van der Waals surface area contributed by atoms with Gasteiger partial charge in [0.2, 0.25) is 0 Å². The summed E-state index contributed by atoms with van der Waals surface area (Å²) in [4.78, 5) is 17.2. The van der Waals surface area contributed by atoms with Gasteiger partial charge < -0.3 is 15.2 Å². The van der Waals surface area contributed by atoms with Gasteiger partial charge in [-0.1, -0.05) is 12.1 Å². The van der Waals surface area contributed by atoms with Gasteiger partial charge in [0.05, 0.1) is 6.54 Å². The Morgan fingerprint density at radius 1 is 1.47 bits per heavy atom. The Morgan fingerprint density at radius 3 is 2.84 bits per heavy atom. The molecule has 0 aliphatic heterocycles. The molecule has 0 unspecified atom stereocenters. The lowest BCUT2D eigenvalue weighted by atomic mass is 10.3. The highest BCUT2D eigenvalue weighted by atomic mass is 32.1. The molecule has 0 fully saturated rings. The van der Waals surface area contributed by atoms with Gasteiger partial charge in [0.25, 0.3) is 0 Å². The Labute approximate surface area is 115 Å². The van der Waals surface area contributed by atoms with E-state index < -0.39 is 0 Å². The molecule has 6 nitrogen and oxygen atoms in total. The smallest absolute Gasteiger partial charge is 0.319 e. The molecule has 2 aromatic rings. The maximum atomic E-state index is 11.7. The number of aromatic nitrogens is 2. The van der Waals surface area contributed by atoms with Gasteiger partial charge in [0, 0.05) is 11.1 Å². The van der Waals surface area contributed by atoms with Crippen molar-refractivity contribution in [1.29, 1.82) is 0 Å². The Hall–Kier alpha value is -1.89. The molecule has 0 radical (unpaired) electrons. The number of hydrogen-bond donors (Lipinski definition) is 2. The molecule has 0 aliphatic rings. The van der Waals surface area contributed by atoms with Crippen LogP contribution in [0, 0.1) is 13.8 Å². The van der Waals surface area contributed by atoms with E-state index in [9.17, 15) is 4.79 Å². The lowest BCUT2D eigenvalue weighted by Crippen LogP contribution is -2.28. The molecule has 0 atom stereocenters. The van der Waals surface area contributed by atoms with Crippen LogP contribution in [-0.2, 0) is 13.0 Å². The van der Waals surface area contributed by atoms with Crippen molar-refractivity contribution < 1.29 is 9.32 Å². The summed E-state index contributed by atoms with van der Waals surface area (Å²) in [5, 5.41) is 10.1. The molecule has 0 saturated carbocycles. The molecule has 0 bridgehead atoms. The largest absolute Gasteiger partial charge is 0.359 e. The van der Waals surface area contributed by atoms with Gasteiger partial charge in [-0.2, -0.15) is 0 Å². The minimum Gasteiger partial charge on any atom is -0.359 e. The van der Waals surface area contributed by atoms with E-state index in [1.54, 1.807) is 25.2 Å². The fourth-order valence-electron chi connectivity index (χ4n) is 1.57. The summed E-state index contributed by atoms with van der Waals surface area (Å²) in [5.41, 5.74) is 1.28. The summed E-state index contributed by atoms with van der Waals surface area (Å²) in [6, 6.07) is -0.289. The highest BCUT2D eigenvalue weighted by Gasteiger charge is 2.12. The number of thiazole rings is 1. The molecule has 2 aromatic heterocycles. The van der Waals surface area contributed by atoms with Crippen LogP contribution >= 0.6 is 11.3 Å². The Morgan fingerprint density at radius 2 is 2.26 bits per heavy atom. The van der Waals surface area contributed by atoms with Crippen molar-refractivity contribution in [1.82, 2.24) is 15.5 Å². The Kier molecular flexibility index (Phi) is 4.16. The molecule has 2 rings (SSSR count). The second-order valence-electron chi connectivity index (χ2n) is 4.08. The zero-order chi connectivity index (χ0) is 13.8. The van der Waals surface area contributed by atoms with Crippen LogP contribution in [0.15, 0.2) is 10.7 Å². The highest BCUT2D eigenvalue weighted by Crippen LogP contribution is 2.18. The van der Waals surface area contributed by atoms with Gasteiger partial charge in [-0.25, -0.2) is 9.78 Å². The standard InChI is InChI=1S/C12H16N4O2S/c1-4-9-5-13-10(19-9)6-14-12(17)15-11-7(2)16-18-8(11)3/h5H,4,6H2,1-3H3,(H2,14,15,17). The molecular formula is C12H16N4O2S. The monoisotopic (exact) mass is 280 g/mol. The third-order valence-corrected chi connectivity index (χ3v) is 3.76. The van der Waals surface area contributed by atoms with Gasteiger partial charge in [0.15, 0.2) is 5.76 Å². The minimum atomic E-state index is -0.289. The Balaban J connectivity index is 1.88. The normalized spacial score (nSPS) is 10.5. The topological polar surface area (TPSA) is 80.0 Å². The second-order valence-corrected chi connectivity index (χ2v) is 5.28. The predicted octanol–water partition coefficient (Wildman–Crippen LogP) is 2.63. The molecule has 7 heteroatoms. The number of rotatable bonds is 4. The number of carbonyl (C=O) groups excluding carboxylic acids is 1. The number of amides is 2. The fraction of sp³-hybridized carbons (Fsp3) is 0.417. The van der Waals surface area contributed by atoms with Crippen molar-refractivity contribution in [2.24, 2.45) is 0 Å². The lowest BCUT2D eigenvalue weighted by Gasteiger charge is -2.05. The van der Waals surface area contributed by atoms with Crippen LogP contribution in [0.3, 0.4) is 0 Å². The molecule has 0 saturated heterocycles. The quantitative estimate of drug-likeness (QED) is 0.902. The Bertz CT molecular complexity index is 557. The van der Waals surface area contributed by atoms with Crippen LogP contribution in [0.1, 0.15) is 28.3 Å². The summed E-state index contributed by atoms with van der Waals surface area (Å²) in [7, 11) is 0. The van der Waals surface area contributed by atoms with Crippen LogP contribution in [0.25, 0.3) is 0 Å². The molecule has 102 valence electrons. The summed E-state index contributed by atoms with van der Waals surface area (Å²) in [6.07, 6.45) is 2.80. The third kappa shape index (κ3) is 3.31. The number of aryl methyl sites for hydroxylation is 3. The number of nitrogens with one attached hydrogen (secondary N) is 2. The molecule has 0 aliphatic carbocycles. The molecule has 19 heavy (non-hydrogen) atoms. The highest BCUT2D eigenvalue weighted by molar-refractivity contribution is 7.11. The van der Waals surface area contributed by atoms with Gasteiger partial charge in [-0.15, -0.1) is 11.3 Å². The van der Waals surface area contributed by atoms with E-state index in [2.05, 4.69) is 27.7 Å². The first kappa shape index (κ1) is 13.5. The zero-order valence-electron chi connectivity index (χ0n) is 11.1. The molecule has 2 amide bonds. The second kappa shape index (κ2) is 5.83. The summed E-state index contributed by atoms with van der Waals surface area (Å²) >= 11 is 1.60. The van der Waals surface area contributed by atoms with Gasteiger partial charge >= 0.3 is 6.03 Å². The first-order valence-corrected chi connectivity index (χ1v) is 6.83. The van der Waals surface area contributed by atoms with Crippen molar-refractivity contribution in [3.05, 3.63) is 27.5 Å². The first-order valence-electron chi connectivity index (χ1n) is 6.01. The lowest BCUT2D eigenvalue weighted by molar-refractivity contribution is 0.251. The summed E-state index contributed by atoms with van der Waals surface area (Å²) in [6.45, 7) is 6.03. The van der Waals surface area contributed by atoms with Gasteiger partial charge in [0.1, 0.15) is 16.4 Å². The average molecular weight is 280 g/mol. The van der Waals surface area contributed by atoms with E-state index in [-0.39, 0.29) is 6.03 Å². The van der Waals surface area contributed by atoms with Crippen molar-refractivity contribution in [2.75, 3.05) is 5.32 Å². The van der Waals surface area contributed by atoms with Crippen LogP contribution in [0.4, 0.5) is 10.5 Å². The SMILES string of the molecule is CCc1cnc(CNC(=O)Nc2c(C)noc2C)s1. The van der Waals surface area contributed by atoms with Crippen molar-refractivity contribution in [3.8, 4) is 0 Å².